The lowest BCUT2D eigenvalue weighted by molar-refractivity contribution is 0.102. The number of rotatable bonds is 8. The minimum atomic E-state index is -0.322. The molecular formula is C20H24N4O4. The van der Waals surface area contributed by atoms with Gasteiger partial charge in [0.05, 0.1) is 27.0 Å². The molecule has 0 unspecified atom stereocenters. The van der Waals surface area contributed by atoms with Crippen LogP contribution in [0, 0.1) is 0 Å². The number of aryl methyl sites for hydroxylation is 1. The van der Waals surface area contributed by atoms with E-state index in [9.17, 15) is 4.79 Å². The number of fused-ring (bicyclic) bond motifs is 1. The number of nitrogens with zero attached hydrogens (tertiary/aromatic N) is 3. The van der Waals surface area contributed by atoms with Gasteiger partial charge in [0.2, 0.25) is 5.75 Å². The van der Waals surface area contributed by atoms with Gasteiger partial charge in [-0.05, 0) is 31.0 Å². The highest BCUT2D eigenvalue weighted by Crippen LogP contribution is 2.38. The molecule has 8 heteroatoms. The molecule has 3 aromatic rings. The standard InChI is InChI=1S/C20H24N4O4/c1-5-6-7-14-12-18-21-9-8-17(24(18)23-14)22-20(25)13-10-15(26-2)19(28-4)16(11-13)27-3/h8-12H,5-7H2,1-4H3,(H,22,25). The normalized spacial score (nSPS) is 10.7. The van der Waals surface area contributed by atoms with Crippen molar-refractivity contribution in [2.75, 3.05) is 26.6 Å². The van der Waals surface area contributed by atoms with Gasteiger partial charge in [-0.3, -0.25) is 4.79 Å². The summed E-state index contributed by atoms with van der Waals surface area (Å²) in [5.41, 5.74) is 2.01. The summed E-state index contributed by atoms with van der Waals surface area (Å²) in [5.74, 6) is 1.46. The van der Waals surface area contributed by atoms with Crippen LogP contribution in [-0.4, -0.2) is 41.8 Å². The number of hydrogen-bond acceptors (Lipinski definition) is 6. The second-order valence-corrected chi connectivity index (χ2v) is 6.21. The Morgan fingerprint density at radius 1 is 1.11 bits per heavy atom. The quantitative estimate of drug-likeness (QED) is 0.641. The van der Waals surface area contributed by atoms with Crippen LogP contribution in [0.1, 0.15) is 35.8 Å². The van der Waals surface area contributed by atoms with E-state index in [1.165, 1.54) is 21.3 Å². The zero-order valence-corrected chi connectivity index (χ0v) is 16.5. The number of carbonyl (C=O) groups excluding carboxylic acids is 1. The van der Waals surface area contributed by atoms with Crippen molar-refractivity contribution in [1.29, 1.82) is 0 Å². The summed E-state index contributed by atoms with van der Waals surface area (Å²) in [6, 6.07) is 6.85. The maximum atomic E-state index is 12.8. The molecule has 0 radical (unpaired) electrons. The summed E-state index contributed by atoms with van der Waals surface area (Å²) in [4.78, 5) is 17.2. The van der Waals surface area contributed by atoms with Gasteiger partial charge >= 0.3 is 0 Å². The van der Waals surface area contributed by atoms with Crippen molar-refractivity contribution in [1.82, 2.24) is 14.6 Å². The Morgan fingerprint density at radius 3 is 2.43 bits per heavy atom. The van der Waals surface area contributed by atoms with Crippen LogP contribution in [0.5, 0.6) is 17.2 Å². The predicted octanol–water partition coefficient (Wildman–Crippen LogP) is 3.35. The zero-order chi connectivity index (χ0) is 20.1. The van der Waals surface area contributed by atoms with Gasteiger partial charge in [0.1, 0.15) is 5.82 Å². The van der Waals surface area contributed by atoms with Gasteiger partial charge in [0.15, 0.2) is 17.1 Å². The molecule has 0 aliphatic rings. The molecule has 1 aromatic carbocycles. The minimum absolute atomic E-state index is 0.322. The second kappa shape index (κ2) is 8.60. The number of methoxy groups -OCH3 is 3. The fourth-order valence-electron chi connectivity index (χ4n) is 2.92. The van der Waals surface area contributed by atoms with Gasteiger partial charge in [0, 0.05) is 17.8 Å². The summed E-state index contributed by atoms with van der Waals surface area (Å²) in [6.07, 6.45) is 4.66. The van der Waals surface area contributed by atoms with Crippen molar-refractivity contribution >= 4 is 17.4 Å². The highest BCUT2D eigenvalue weighted by molar-refractivity contribution is 6.04. The van der Waals surface area contributed by atoms with E-state index in [0.717, 1.165) is 25.0 Å². The van der Waals surface area contributed by atoms with Gasteiger partial charge in [-0.1, -0.05) is 13.3 Å². The van der Waals surface area contributed by atoms with Crippen molar-refractivity contribution < 1.29 is 19.0 Å². The molecule has 0 saturated carbocycles. The monoisotopic (exact) mass is 384 g/mol. The first-order valence-corrected chi connectivity index (χ1v) is 9.06. The molecular weight excluding hydrogens is 360 g/mol. The lowest BCUT2D eigenvalue weighted by atomic mass is 10.1. The first kappa shape index (κ1) is 19.5. The molecule has 2 aromatic heterocycles. The molecule has 28 heavy (non-hydrogen) atoms. The third-order valence-corrected chi connectivity index (χ3v) is 4.36. The van der Waals surface area contributed by atoms with Gasteiger partial charge in [-0.15, -0.1) is 0 Å². The number of anilines is 1. The zero-order valence-electron chi connectivity index (χ0n) is 16.5. The average molecular weight is 384 g/mol. The van der Waals surface area contributed by atoms with E-state index in [0.29, 0.717) is 34.3 Å². The number of nitrogens with one attached hydrogen (secondary N) is 1. The van der Waals surface area contributed by atoms with Crippen LogP contribution < -0.4 is 19.5 Å². The SMILES string of the molecule is CCCCc1cc2nccc(NC(=O)c3cc(OC)c(OC)c(OC)c3)n2n1. The van der Waals surface area contributed by atoms with E-state index in [1.807, 2.05) is 6.07 Å². The molecule has 0 bridgehead atoms. The number of benzene rings is 1. The lowest BCUT2D eigenvalue weighted by Gasteiger charge is -2.14. The first-order valence-electron chi connectivity index (χ1n) is 9.06. The van der Waals surface area contributed by atoms with E-state index in [4.69, 9.17) is 14.2 Å². The number of ether oxygens (including phenoxy) is 3. The van der Waals surface area contributed by atoms with Crippen LogP contribution in [-0.2, 0) is 6.42 Å². The summed E-state index contributed by atoms with van der Waals surface area (Å²) < 4.78 is 17.6. The smallest absolute Gasteiger partial charge is 0.257 e. The second-order valence-electron chi connectivity index (χ2n) is 6.21. The number of amides is 1. The van der Waals surface area contributed by atoms with Crippen molar-refractivity contribution in [3.63, 3.8) is 0 Å². The molecule has 2 heterocycles. The summed E-state index contributed by atoms with van der Waals surface area (Å²) in [7, 11) is 4.53. The molecule has 0 aliphatic carbocycles. The van der Waals surface area contributed by atoms with Crippen LogP contribution in [0.2, 0.25) is 0 Å². The molecule has 1 N–H and O–H groups in total. The maximum absolute atomic E-state index is 12.8. The van der Waals surface area contributed by atoms with Crippen LogP contribution in [0.25, 0.3) is 5.65 Å². The van der Waals surface area contributed by atoms with Crippen LogP contribution in [0.15, 0.2) is 30.5 Å². The number of hydrogen-bond donors (Lipinski definition) is 1. The van der Waals surface area contributed by atoms with E-state index >= 15 is 0 Å². The number of unbranched alkanes of at least 4 members (excludes halogenated alkanes) is 1. The minimum Gasteiger partial charge on any atom is -0.493 e. The van der Waals surface area contributed by atoms with E-state index < -0.39 is 0 Å². The maximum Gasteiger partial charge on any atom is 0.257 e. The Morgan fingerprint density at radius 2 is 1.82 bits per heavy atom. The molecule has 8 nitrogen and oxygen atoms in total. The Labute approximate surface area is 163 Å². The molecule has 1 amide bonds. The topological polar surface area (TPSA) is 87.0 Å². The van der Waals surface area contributed by atoms with Crippen LogP contribution in [0.3, 0.4) is 0 Å². The fraction of sp³-hybridized carbons (Fsp3) is 0.350. The van der Waals surface area contributed by atoms with E-state index in [1.54, 1.807) is 28.9 Å². The highest BCUT2D eigenvalue weighted by Gasteiger charge is 2.18. The Hall–Kier alpha value is -3.29. The Bertz CT molecular complexity index is 958. The fourth-order valence-corrected chi connectivity index (χ4v) is 2.92. The van der Waals surface area contributed by atoms with Gasteiger partial charge in [-0.2, -0.15) is 9.61 Å². The Balaban J connectivity index is 1.92. The number of aromatic nitrogens is 3. The van der Waals surface area contributed by atoms with Gasteiger partial charge in [0.25, 0.3) is 5.91 Å². The predicted molar refractivity (Wildman–Crippen MR) is 106 cm³/mol. The first-order chi connectivity index (χ1) is 13.6. The molecule has 0 saturated heterocycles. The van der Waals surface area contributed by atoms with Crippen molar-refractivity contribution in [2.45, 2.75) is 26.2 Å². The van der Waals surface area contributed by atoms with E-state index in [-0.39, 0.29) is 5.91 Å². The van der Waals surface area contributed by atoms with E-state index in [2.05, 4.69) is 22.3 Å². The van der Waals surface area contributed by atoms with Crippen LogP contribution in [0.4, 0.5) is 5.82 Å². The average Bonchev–Trinajstić information content (AvgIpc) is 3.15. The molecule has 0 atom stereocenters. The lowest BCUT2D eigenvalue weighted by Crippen LogP contribution is -2.15. The molecule has 3 rings (SSSR count). The van der Waals surface area contributed by atoms with Crippen molar-refractivity contribution in [2.24, 2.45) is 0 Å². The molecule has 0 spiro atoms. The summed E-state index contributed by atoms with van der Waals surface area (Å²) in [6.45, 7) is 2.14. The summed E-state index contributed by atoms with van der Waals surface area (Å²) >= 11 is 0. The number of carbonyl (C=O) groups is 1. The molecule has 0 aliphatic heterocycles. The summed E-state index contributed by atoms with van der Waals surface area (Å²) in [5, 5.41) is 7.44. The highest BCUT2D eigenvalue weighted by atomic mass is 16.5. The Kier molecular flexibility index (Phi) is 5.98. The molecule has 148 valence electrons. The largest absolute Gasteiger partial charge is 0.493 e. The third-order valence-electron chi connectivity index (χ3n) is 4.36. The molecule has 0 fully saturated rings. The van der Waals surface area contributed by atoms with Gasteiger partial charge < -0.3 is 19.5 Å². The van der Waals surface area contributed by atoms with Gasteiger partial charge in [-0.25, -0.2) is 4.98 Å². The van der Waals surface area contributed by atoms with Crippen LogP contribution >= 0.6 is 0 Å². The van der Waals surface area contributed by atoms with Crippen molar-refractivity contribution in [3.05, 3.63) is 41.7 Å². The third kappa shape index (κ3) is 3.85. The van der Waals surface area contributed by atoms with Crippen molar-refractivity contribution in [3.8, 4) is 17.2 Å².